The van der Waals surface area contributed by atoms with Gasteiger partial charge in [-0.1, -0.05) is 13.3 Å². The van der Waals surface area contributed by atoms with Gasteiger partial charge in [0.2, 0.25) is 0 Å². The molecule has 8 heteroatoms. The van der Waals surface area contributed by atoms with Gasteiger partial charge in [-0.15, -0.1) is 0 Å². The summed E-state index contributed by atoms with van der Waals surface area (Å²) in [6, 6.07) is 2.73. The standard InChI is InChI=1S/C13H15FN2O5/c1-2-8(5-12(17)18)7-15-13(19)10-4-3-9(16(20)21)6-11(10)14/h3-4,6,8H,2,5,7H2,1H3,(H,15,19)(H,17,18). The third kappa shape index (κ3) is 4.83. The lowest BCUT2D eigenvalue weighted by Gasteiger charge is -2.13. The molecule has 0 aromatic heterocycles. The summed E-state index contributed by atoms with van der Waals surface area (Å²) in [4.78, 5) is 32.1. The normalized spacial score (nSPS) is 11.7. The van der Waals surface area contributed by atoms with Gasteiger partial charge in [0.25, 0.3) is 11.6 Å². The van der Waals surface area contributed by atoms with Crippen LogP contribution in [-0.4, -0.2) is 28.5 Å². The second-order valence-corrected chi connectivity index (χ2v) is 4.50. The molecule has 114 valence electrons. The smallest absolute Gasteiger partial charge is 0.303 e. The Bertz CT molecular complexity index is 561. The van der Waals surface area contributed by atoms with Gasteiger partial charge in [-0.05, 0) is 12.0 Å². The fraction of sp³-hybridized carbons (Fsp3) is 0.385. The van der Waals surface area contributed by atoms with Gasteiger partial charge in [0.05, 0.1) is 16.6 Å². The molecule has 0 aliphatic heterocycles. The molecule has 0 bridgehead atoms. The number of carboxylic acids is 1. The summed E-state index contributed by atoms with van der Waals surface area (Å²) in [5.41, 5.74) is -0.757. The van der Waals surface area contributed by atoms with Crippen LogP contribution in [-0.2, 0) is 4.79 Å². The summed E-state index contributed by atoms with van der Waals surface area (Å²) in [5, 5.41) is 21.6. The first-order valence-corrected chi connectivity index (χ1v) is 6.29. The Kier molecular flexibility index (Phi) is 5.77. The lowest BCUT2D eigenvalue weighted by atomic mass is 10.0. The number of hydrogen-bond acceptors (Lipinski definition) is 4. The first kappa shape index (κ1) is 16.5. The van der Waals surface area contributed by atoms with Crippen molar-refractivity contribution in [3.8, 4) is 0 Å². The van der Waals surface area contributed by atoms with E-state index in [1.54, 1.807) is 6.92 Å². The Morgan fingerprint density at radius 3 is 2.62 bits per heavy atom. The molecule has 1 amide bonds. The topological polar surface area (TPSA) is 110 Å². The average Bonchev–Trinajstić information content (AvgIpc) is 2.42. The van der Waals surface area contributed by atoms with Crippen LogP contribution in [0.3, 0.4) is 0 Å². The third-order valence-corrected chi connectivity index (χ3v) is 3.00. The number of halogens is 1. The fourth-order valence-corrected chi connectivity index (χ4v) is 1.74. The molecular weight excluding hydrogens is 283 g/mol. The molecule has 21 heavy (non-hydrogen) atoms. The van der Waals surface area contributed by atoms with E-state index in [1.807, 2.05) is 0 Å². The highest BCUT2D eigenvalue weighted by Crippen LogP contribution is 2.16. The zero-order valence-corrected chi connectivity index (χ0v) is 11.3. The Morgan fingerprint density at radius 1 is 1.48 bits per heavy atom. The number of rotatable bonds is 7. The number of aliphatic carboxylic acids is 1. The van der Waals surface area contributed by atoms with Crippen molar-refractivity contribution in [1.82, 2.24) is 5.32 Å². The molecular formula is C13H15FN2O5. The van der Waals surface area contributed by atoms with Crippen molar-refractivity contribution in [2.45, 2.75) is 19.8 Å². The minimum atomic E-state index is -0.993. The third-order valence-electron chi connectivity index (χ3n) is 3.00. The number of benzene rings is 1. The molecule has 0 spiro atoms. The molecule has 2 N–H and O–H groups in total. The Balaban J connectivity index is 2.71. The highest BCUT2D eigenvalue weighted by molar-refractivity contribution is 5.94. The largest absolute Gasteiger partial charge is 0.481 e. The van der Waals surface area contributed by atoms with Crippen LogP contribution in [0.25, 0.3) is 0 Å². The van der Waals surface area contributed by atoms with E-state index in [0.29, 0.717) is 12.5 Å². The number of carboxylic acid groups (broad SMARTS) is 1. The molecule has 1 aromatic carbocycles. The van der Waals surface area contributed by atoms with Crippen molar-refractivity contribution in [2.75, 3.05) is 6.54 Å². The van der Waals surface area contributed by atoms with Crippen LogP contribution in [0, 0.1) is 21.8 Å². The van der Waals surface area contributed by atoms with Gasteiger partial charge in [0.15, 0.2) is 0 Å². The van der Waals surface area contributed by atoms with Crippen LogP contribution in [0.5, 0.6) is 0 Å². The number of nitrogens with zero attached hydrogens (tertiary/aromatic N) is 1. The van der Waals surface area contributed by atoms with Crippen molar-refractivity contribution < 1.29 is 24.0 Å². The van der Waals surface area contributed by atoms with Crippen LogP contribution in [0.2, 0.25) is 0 Å². The van der Waals surface area contributed by atoms with Gasteiger partial charge in [-0.2, -0.15) is 0 Å². The SMILES string of the molecule is CCC(CNC(=O)c1ccc([N+](=O)[O-])cc1F)CC(=O)O. The van der Waals surface area contributed by atoms with Gasteiger partial charge in [0, 0.05) is 19.0 Å². The van der Waals surface area contributed by atoms with Crippen molar-refractivity contribution in [3.05, 3.63) is 39.7 Å². The average molecular weight is 298 g/mol. The Labute approximate surface area is 119 Å². The molecule has 0 saturated heterocycles. The van der Waals surface area contributed by atoms with Gasteiger partial charge in [-0.25, -0.2) is 4.39 Å². The molecule has 1 unspecified atom stereocenters. The predicted molar refractivity (Wildman–Crippen MR) is 71.4 cm³/mol. The summed E-state index contributed by atoms with van der Waals surface area (Å²) in [5.74, 6) is -2.95. The fourth-order valence-electron chi connectivity index (χ4n) is 1.74. The molecule has 0 radical (unpaired) electrons. The minimum Gasteiger partial charge on any atom is -0.481 e. The van der Waals surface area contributed by atoms with Gasteiger partial charge >= 0.3 is 5.97 Å². The zero-order chi connectivity index (χ0) is 16.0. The quantitative estimate of drug-likeness (QED) is 0.590. The predicted octanol–water partition coefficient (Wildman–Crippen LogP) is 1.96. The summed E-state index contributed by atoms with van der Waals surface area (Å²) in [6.45, 7) is 1.88. The maximum atomic E-state index is 13.6. The van der Waals surface area contributed by atoms with Crippen molar-refractivity contribution in [1.29, 1.82) is 0 Å². The summed E-state index contributed by atoms with van der Waals surface area (Å²) >= 11 is 0. The van der Waals surface area contributed by atoms with E-state index in [-0.39, 0.29) is 24.4 Å². The first-order valence-electron chi connectivity index (χ1n) is 6.29. The highest BCUT2D eigenvalue weighted by atomic mass is 19.1. The summed E-state index contributed by atoms with van der Waals surface area (Å²) < 4.78 is 13.6. The van der Waals surface area contributed by atoms with E-state index < -0.39 is 28.3 Å². The maximum absolute atomic E-state index is 13.6. The number of carbonyl (C=O) groups is 2. The molecule has 1 atom stereocenters. The van der Waals surface area contributed by atoms with Crippen LogP contribution < -0.4 is 5.32 Å². The lowest BCUT2D eigenvalue weighted by molar-refractivity contribution is -0.385. The number of nitrogens with one attached hydrogen (secondary N) is 1. The van der Waals surface area contributed by atoms with Crippen molar-refractivity contribution >= 4 is 17.6 Å². The number of amides is 1. The van der Waals surface area contributed by atoms with Crippen molar-refractivity contribution in [3.63, 3.8) is 0 Å². The van der Waals surface area contributed by atoms with Crippen LogP contribution >= 0.6 is 0 Å². The number of nitro groups is 1. The van der Waals surface area contributed by atoms with Gasteiger partial charge in [0.1, 0.15) is 5.82 Å². The molecule has 1 rings (SSSR count). The Hall–Kier alpha value is -2.51. The second kappa shape index (κ2) is 7.32. The number of non-ortho nitro benzene ring substituents is 1. The van der Waals surface area contributed by atoms with E-state index in [0.717, 1.165) is 12.1 Å². The van der Waals surface area contributed by atoms with Crippen LogP contribution in [0.4, 0.5) is 10.1 Å². The number of hydrogen-bond donors (Lipinski definition) is 2. The summed E-state index contributed by atoms with van der Waals surface area (Å²) in [6.07, 6.45) is 0.453. The first-order chi connectivity index (χ1) is 9.85. The van der Waals surface area contributed by atoms with E-state index in [4.69, 9.17) is 5.11 Å². The van der Waals surface area contributed by atoms with Gasteiger partial charge in [-0.3, -0.25) is 19.7 Å². The van der Waals surface area contributed by atoms with Gasteiger partial charge < -0.3 is 10.4 Å². The molecule has 0 saturated carbocycles. The number of nitro benzene ring substituents is 1. The number of carbonyl (C=O) groups excluding carboxylic acids is 1. The maximum Gasteiger partial charge on any atom is 0.303 e. The minimum absolute atomic E-state index is 0.0953. The molecule has 1 aromatic rings. The molecule has 0 aliphatic carbocycles. The second-order valence-electron chi connectivity index (χ2n) is 4.50. The van der Waals surface area contributed by atoms with Crippen LogP contribution in [0.1, 0.15) is 30.1 Å². The molecule has 0 heterocycles. The van der Waals surface area contributed by atoms with Crippen molar-refractivity contribution in [2.24, 2.45) is 5.92 Å². The summed E-state index contributed by atoms with van der Waals surface area (Å²) in [7, 11) is 0. The van der Waals surface area contributed by atoms with E-state index in [2.05, 4.69) is 5.32 Å². The molecule has 0 aliphatic rings. The molecule has 7 nitrogen and oxygen atoms in total. The monoisotopic (exact) mass is 298 g/mol. The van der Waals surface area contributed by atoms with Crippen LogP contribution in [0.15, 0.2) is 18.2 Å². The van der Waals surface area contributed by atoms with E-state index >= 15 is 0 Å². The highest BCUT2D eigenvalue weighted by Gasteiger charge is 2.18. The van der Waals surface area contributed by atoms with E-state index in [1.165, 1.54) is 0 Å². The molecule has 0 fully saturated rings. The van der Waals surface area contributed by atoms with E-state index in [9.17, 15) is 24.1 Å². The Morgan fingerprint density at radius 2 is 2.14 bits per heavy atom. The lowest BCUT2D eigenvalue weighted by Crippen LogP contribution is -2.30. The zero-order valence-electron chi connectivity index (χ0n) is 11.3.